The first kappa shape index (κ1) is 24.6. The standard InChI is InChI=1S/C27H29N3O4S/c1-19(22-11-7-4-8-12-22)28-27(32)25(17-21-9-5-3-6-10-21)29-35(33,34)24-13-14-26-23(18-24)15-16-30(26)20(2)31/h3-14,18-19,25,29H,15-17H2,1-2H3,(H,28,32)/t19-,25+/m1/s1. The topological polar surface area (TPSA) is 95.6 Å². The number of sulfonamides is 1. The first-order chi connectivity index (χ1) is 16.7. The number of nitrogens with zero attached hydrogens (tertiary/aromatic N) is 1. The van der Waals surface area contributed by atoms with E-state index in [0.29, 0.717) is 13.0 Å². The van der Waals surface area contributed by atoms with Gasteiger partial charge in [0.05, 0.1) is 10.9 Å². The summed E-state index contributed by atoms with van der Waals surface area (Å²) in [5.74, 6) is -0.484. The Kier molecular flexibility index (Phi) is 7.33. The summed E-state index contributed by atoms with van der Waals surface area (Å²) in [7, 11) is -4.00. The fourth-order valence-corrected chi connectivity index (χ4v) is 5.55. The second-order valence-corrected chi connectivity index (χ2v) is 10.4. The predicted octanol–water partition coefficient (Wildman–Crippen LogP) is 3.36. The van der Waals surface area contributed by atoms with Crippen LogP contribution >= 0.6 is 0 Å². The predicted molar refractivity (Wildman–Crippen MR) is 135 cm³/mol. The fraction of sp³-hybridized carbons (Fsp3) is 0.259. The number of hydrogen-bond acceptors (Lipinski definition) is 4. The maximum absolute atomic E-state index is 13.3. The Morgan fingerprint density at radius 1 is 0.971 bits per heavy atom. The van der Waals surface area contributed by atoms with Gasteiger partial charge in [-0.15, -0.1) is 0 Å². The van der Waals surface area contributed by atoms with Crippen molar-refractivity contribution in [2.45, 2.75) is 43.7 Å². The Morgan fingerprint density at radius 3 is 2.29 bits per heavy atom. The van der Waals surface area contributed by atoms with Gasteiger partial charge in [0.2, 0.25) is 21.8 Å². The number of amides is 2. The number of benzene rings is 3. The molecule has 8 heteroatoms. The molecule has 4 rings (SSSR count). The Morgan fingerprint density at radius 2 is 1.63 bits per heavy atom. The third-order valence-electron chi connectivity index (χ3n) is 6.19. The Balaban J connectivity index is 1.57. The van der Waals surface area contributed by atoms with Gasteiger partial charge in [-0.25, -0.2) is 8.42 Å². The van der Waals surface area contributed by atoms with E-state index in [1.165, 1.54) is 13.0 Å². The molecule has 0 unspecified atom stereocenters. The third kappa shape index (κ3) is 5.78. The molecular formula is C27H29N3O4S. The van der Waals surface area contributed by atoms with Crippen molar-refractivity contribution >= 4 is 27.5 Å². The van der Waals surface area contributed by atoms with Crippen molar-refractivity contribution in [2.75, 3.05) is 11.4 Å². The van der Waals surface area contributed by atoms with Crippen molar-refractivity contribution in [1.82, 2.24) is 10.0 Å². The van der Waals surface area contributed by atoms with Crippen LogP contribution in [0.5, 0.6) is 0 Å². The van der Waals surface area contributed by atoms with Gasteiger partial charge >= 0.3 is 0 Å². The van der Waals surface area contributed by atoms with Gasteiger partial charge in [0.25, 0.3) is 0 Å². The molecule has 3 aromatic carbocycles. The van der Waals surface area contributed by atoms with Crippen LogP contribution in [0.1, 0.15) is 36.6 Å². The maximum atomic E-state index is 13.3. The molecular weight excluding hydrogens is 462 g/mol. The van der Waals surface area contributed by atoms with Crippen molar-refractivity contribution in [1.29, 1.82) is 0 Å². The lowest BCUT2D eigenvalue weighted by Crippen LogP contribution is -2.48. The quantitative estimate of drug-likeness (QED) is 0.505. The SMILES string of the molecule is CC(=O)N1CCc2cc(S(=O)(=O)N[C@@H](Cc3ccccc3)C(=O)N[C@H](C)c3ccccc3)ccc21. The molecule has 0 radical (unpaired) electrons. The molecule has 0 bridgehead atoms. The van der Waals surface area contributed by atoms with Crippen molar-refractivity contribution in [3.8, 4) is 0 Å². The first-order valence-electron chi connectivity index (χ1n) is 11.6. The largest absolute Gasteiger partial charge is 0.348 e. The smallest absolute Gasteiger partial charge is 0.241 e. The summed E-state index contributed by atoms with van der Waals surface area (Å²) < 4.78 is 29.3. The van der Waals surface area contributed by atoms with E-state index in [2.05, 4.69) is 10.0 Å². The summed E-state index contributed by atoms with van der Waals surface area (Å²) in [5.41, 5.74) is 3.29. The van der Waals surface area contributed by atoms with Crippen molar-refractivity contribution in [2.24, 2.45) is 0 Å². The normalized spacial score (nSPS) is 14.7. The van der Waals surface area contributed by atoms with Crippen LogP contribution in [-0.2, 0) is 32.5 Å². The van der Waals surface area contributed by atoms with Crippen LogP contribution in [0.4, 0.5) is 5.69 Å². The highest BCUT2D eigenvalue weighted by atomic mass is 32.2. The van der Waals surface area contributed by atoms with Crippen LogP contribution in [0.3, 0.4) is 0 Å². The molecule has 35 heavy (non-hydrogen) atoms. The molecule has 0 aliphatic carbocycles. The minimum Gasteiger partial charge on any atom is -0.348 e. The van der Waals surface area contributed by atoms with Gasteiger partial charge in [0.1, 0.15) is 6.04 Å². The lowest BCUT2D eigenvalue weighted by atomic mass is 10.0. The number of nitrogens with one attached hydrogen (secondary N) is 2. The molecule has 182 valence electrons. The highest BCUT2D eigenvalue weighted by molar-refractivity contribution is 7.89. The maximum Gasteiger partial charge on any atom is 0.241 e. The van der Waals surface area contributed by atoms with Gasteiger partial charge < -0.3 is 10.2 Å². The molecule has 3 aromatic rings. The Labute approximate surface area is 206 Å². The van der Waals surface area contributed by atoms with Crippen molar-refractivity contribution in [3.05, 3.63) is 95.6 Å². The summed E-state index contributed by atoms with van der Waals surface area (Å²) in [4.78, 5) is 26.8. The minimum atomic E-state index is -4.00. The van der Waals surface area contributed by atoms with E-state index in [9.17, 15) is 18.0 Å². The Bertz CT molecular complexity index is 1310. The number of carbonyl (C=O) groups excluding carboxylic acids is 2. The van der Waals surface area contributed by atoms with Crippen LogP contribution in [0, 0.1) is 0 Å². The van der Waals surface area contributed by atoms with Gasteiger partial charge in [-0.05, 0) is 54.7 Å². The van der Waals surface area contributed by atoms with Crippen molar-refractivity contribution < 1.29 is 18.0 Å². The number of rotatable bonds is 8. The van der Waals surface area contributed by atoms with E-state index in [-0.39, 0.29) is 23.3 Å². The minimum absolute atomic E-state index is 0.0728. The molecule has 0 aromatic heterocycles. The summed E-state index contributed by atoms with van der Waals surface area (Å²) in [6.07, 6.45) is 0.789. The third-order valence-corrected chi connectivity index (χ3v) is 7.66. The van der Waals surface area contributed by atoms with Crippen LogP contribution in [0.2, 0.25) is 0 Å². The van der Waals surface area contributed by atoms with Crippen LogP contribution in [0.25, 0.3) is 0 Å². The van der Waals surface area contributed by atoms with E-state index in [4.69, 9.17) is 0 Å². The van der Waals surface area contributed by atoms with Gasteiger partial charge in [0, 0.05) is 19.2 Å². The van der Waals surface area contributed by atoms with Crippen LogP contribution < -0.4 is 14.9 Å². The zero-order valence-corrected chi connectivity index (χ0v) is 20.6. The molecule has 0 saturated heterocycles. The van der Waals surface area contributed by atoms with E-state index in [1.54, 1.807) is 17.0 Å². The van der Waals surface area contributed by atoms with E-state index < -0.39 is 22.0 Å². The molecule has 0 spiro atoms. The molecule has 1 aliphatic rings. The summed E-state index contributed by atoms with van der Waals surface area (Å²) in [5, 5.41) is 2.94. The monoisotopic (exact) mass is 491 g/mol. The second kappa shape index (κ2) is 10.4. The molecule has 0 saturated carbocycles. The molecule has 1 heterocycles. The van der Waals surface area contributed by atoms with E-state index in [0.717, 1.165) is 22.4 Å². The van der Waals surface area contributed by atoms with Gasteiger partial charge in [-0.2, -0.15) is 4.72 Å². The number of fused-ring (bicyclic) bond motifs is 1. The van der Waals surface area contributed by atoms with Gasteiger partial charge in [-0.1, -0.05) is 60.7 Å². The lowest BCUT2D eigenvalue weighted by molar-refractivity contribution is -0.123. The zero-order valence-electron chi connectivity index (χ0n) is 19.8. The molecule has 2 N–H and O–H groups in total. The molecule has 2 atom stereocenters. The number of carbonyl (C=O) groups is 2. The molecule has 0 fully saturated rings. The van der Waals surface area contributed by atoms with E-state index >= 15 is 0 Å². The summed E-state index contributed by atoms with van der Waals surface area (Å²) >= 11 is 0. The molecule has 1 aliphatic heterocycles. The average molecular weight is 492 g/mol. The van der Waals surface area contributed by atoms with Crippen LogP contribution in [0.15, 0.2) is 83.8 Å². The number of hydrogen-bond donors (Lipinski definition) is 2. The Hall–Kier alpha value is -3.49. The summed E-state index contributed by atoms with van der Waals surface area (Å²) in [6, 6.07) is 22.2. The molecule has 7 nitrogen and oxygen atoms in total. The van der Waals surface area contributed by atoms with Gasteiger partial charge in [-0.3, -0.25) is 9.59 Å². The summed E-state index contributed by atoms with van der Waals surface area (Å²) in [6.45, 7) is 3.88. The van der Waals surface area contributed by atoms with E-state index in [1.807, 2.05) is 67.6 Å². The average Bonchev–Trinajstić information content (AvgIpc) is 3.28. The molecule has 2 amide bonds. The highest BCUT2D eigenvalue weighted by Gasteiger charge is 2.29. The highest BCUT2D eigenvalue weighted by Crippen LogP contribution is 2.30. The second-order valence-electron chi connectivity index (χ2n) is 8.72. The van der Waals surface area contributed by atoms with Crippen molar-refractivity contribution in [3.63, 3.8) is 0 Å². The fourth-order valence-electron chi connectivity index (χ4n) is 4.30. The first-order valence-corrected chi connectivity index (χ1v) is 13.1. The van der Waals surface area contributed by atoms with Crippen LogP contribution in [-0.4, -0.2) is 32.8 Å². The zero-order chi connectivity index (χ0) is 25.0. The van der Waals surface area contributed by atoms with Gasteiger partial charge in [0.15, 0.2) is 0 Å². The number of anilines is 1. The lowest BCUT2D eigenvalue weighted by Gasteiger charge is -2.22.